The van der Waals surface area contributed by atoms with Crippen LogP contribution in [0.15, 0.2) is 97.1 Å². The van der Waals surface area contributed by atoms with E-state index in [1.807, 2.05) is 56.3 Å². The number of ether oxygens (including phenoxy) is 4. The molecule has 19 nitrogen and oxygen atoms in total. The van der Waals surface area contributed by atoms with E-state index in [-0.39, 0.29) is 41.3 Å². The van der Waals surface area contributed by atoms with Crippen LogP contribution < -0.4 is 18.9 Å². The fourth-order valence-corrected chi connectivity index (χ4v) is 15.5. The van der Waals surface area contributed by atoms with Crippen LogP contribution in [0.25, 0.3) is 0 Å². The Balaban J connectivity index is 0.000000152. The minimum absolute atomic E-state index is 0.0251. The molecule has 4 fully saturated rings. The number of fused-ring (bicyclic) bond motifs is 6. The highest BCUT2D eigenvalue weighted by atomic mass is 35.5. The van der Waals surface area contributed by atoms with Crippen molar-refractivity contribution < 1.29 is 74.4 Å². The van der Waals surface area contributed by atoms with Crippen LogP contribution in [0.5, 0.6) is 23.0 Å². The number of Topliss-reactive ketones (excluding diaryl/α,β-unsaturated/α-hetero) is 2. The van der Waals surface area contributed by atoms with Crippen molar-refractivity contribution in [3.8, 4) is 23.0 Å². The van der Waals surface area contributed by atoms with Gasteiger partial charge in [0.25, 0.3) is 29.3 Å². The second-order valence-corrected chi connectivity index (χ2v) is 27.7. The Kier molecular flexibility index (Phi) is 22.3. The van der Waals surface area contributed by atoms with Crippen molar-refractivity contribution in [2.75, 3.05) is 114 Å². The second kappa shape index (κ2) is 30.4. The van der Waals surface area contributed by atoms with E-state index >= 15 is 0 Å². The molecule has 3 amide bonds. The van der Waals surface area contributed by atoms with E-state index in [0.717, 1.165) is 86.4 Å². The zero-order valence-corrected chi connectivity index (χ0v) is 58.5. The van der Waals surface area contributed by atoms with E-state index in [1.54, 1.807) is 58.3 Å². The number of aliphatic hydroxyl groups is 1. The van der Waals surface area contributed by atoms with Crippen molar-refractivity contribution in [3.05, 3.63) is 153 Å². The lowest BCUT2D eigenvalue weighted by molar-refractivity contribution is -0.0895. The Morgan fingerprint density at radius 3 is 1.35 bits per heavy atom. The van der Waals surface area contributed by atoms with Crippen molar-refractivity contribution in [2.45, 2.75) is 133 Å². The number of aromatic nitrogens is 3. The number of ketones is 2. The number of hydrogen-bond donors (Lipinski definition) is 1. The summed E-state index contributed by atoms with van der Waals surface area (Å²) >= 11 is 6.39. The van der Waals surface area contributed by atoms with Gasteiger partial charge in [0.2, 0.25) is 0 Å². The molecule has 0 bridgehead atoms. The van der Waals surface area contributed by atoms with Gasteiger partial charge in [-0.3, -0.25) is 38.7 Å². The predicted molar refractivity (Wildman–Crippen MR) is 364 cm³/mol. The van der Waals surface area contributed by atoms with Gasteiger partial charge in [0.05, 0.1) is 54.9 Å². The summed E-state index contributed by atoms with van der Waals surface area (Å²) in [4.78, 5) is 75.7. The van der Waals surface area contributed by atoms with Crippen molar-refractivity contribution in [2.24, 2.45) is 5.92 Å². The van der Waals surface area contributed by atoms with E-state index in [1.165, 1.54) is 46.9 Å². The summed E-state index contributed by atoms with van der Waals surface area (Å²) in [7, 11) is 7.62. The number of nitrogens with zero attached hydrogens (tertiary/aromatic N) is 9. The fourth-order valence-electron chi connectivity index (χ4n) is 15.3. The van der Waals surface area contributed by atoms with Crippen molar-refractivity contribution in [1.82, 2.24) is 43.1 Å². The Morgan fingerprint density at radius 1 is 0.500 bits per heavy atom. The highest BCUT2D eigenvalue weighted by Crippen LogP contribution is 2.46. The van der Waals surface area contributed by atoms with Gasteiger partial charge in [0, 0.05) is 125 Å². The lowest BCUT2D eigenvalue weighted by atomic mass is 9.81. The molecule has 3 aromatic heterocycles. The SMILES string of the molecule is CCCCOc1ccc(C(=O)N2CCC3(CC2)c2ccc(C(=O)C(F)(F)F)n2CCN3C)cc1OC.CN1CCn2c(Cl)ccc2C12CCN(C(=O)c1ccc(OCC3CC3)cc1)CC2.Cc1cc(C(=O)N2CCC3(CC2)c2ccc(C(=O)C(F)(F)F)n2CCN3C)ccc1OCCCO. The molecule has 3 spiro atoms. The summed E-state index contributed by atoms with van der Waals surface area (Å²) in [5.74, 6) is -0.435. The van der Waals surface area contributed by atoms with E-state index < -0.39 is 35.0 Å². The summed E-state index contributed by atoms with van der Waals surface area (Å²) in [6.45, 7) is 12.6. The van der Waals surface area contributed by atoms with Gasteiger partial charge >= 0.3 is 12.4 Å². The van der Waals surface area contributed by atoms with Gasteiger partial charge in [-0.25, -0.2) is 0 Å². The molecule has 0 unspecified atom stereocenters. The number of aryl methyl sites for hydroxylation is 1. The van der Waals surface area contributed by atoms with Gasteiger partial charge in [0.15, 0.2) is 11.5 Å². The average Bonchev–Trinajstić information content (AvgIpc) is 1.51. The number of hydrogen-bond acceptors (Lipinski definition) is 13. The number of carbonyl (C=O) groups excluding carboxylic acids is 5. The van der Waals surface area contributed by atoms with Gasteiger partial charge in [-0.05, 0) is 194 Å². The lowest BCUT2D eigenvalue weighted by Crippen LogP contribution is -2.56. The number of likely N-dealkylation sites (tertiary alicyclic amines) is 3. The maximum Gasteiger partial charge on any atom is 0.456 e. The van der Waals surface area contributed by atoms with E-state index in [2.05, 4.69) is 39.3 Å². The third-order valence-corrected chi connectivity index (χ3v) is 21.9. The molecule has 6 aliphatic heterocycles. The third kappa shape index (κ3) is 15.1. The second-order valence-electron chi connectivity index (χ2n) is 27.3. The number of unbranched alkanes of at least 4 members (excludes halogenated alkanes) is 1. The Morgan fingerprint density at radius 2 is 0.910 bits per heavy atom. The Bertz CT molecular complexity index is 3910. The molecular formula is C74H90ClF6N9O10. The molecule has 1 N–H and O–H groups in total. The molecule has 3 saturated heterocycles. The maximum absolute atomic E-state index is 13.3. The molecule has 100 heavy (non-hydrogen) atoms. The molecule has 13 rings (SSSR count). The number of likely N-dealkylation sites (N-methyl/N-ethyl adjacent to an activating group) is 3. The summed E-state index contributed by atoms with van der Waals surface area (Å²) in [6.07, 6.45) is -0.757. The molecule has 9 heterocycles. The van der Waals surface area contributed by atoms with Crippen molar-refractivity contribution in [3.63, 3.8) is 0 Å². The van der Waals surface area contributed by atoms with Crippen LogP contribution in [0.2, 0.25) is 5.15 Å². The first-order valence-corrected chi connectivity index (χ1v) is 35.0. The minimum atomic E-state index is -4.92. The molecular weight excluding hydrogens is 1320 g/mol. The molecule has 1 aliphatic carbocycles. The molecule has 0 radical (unpaired) electrons. The number of halogens is 7. The van der Waals surface area contributed by atoms with Crippen LogP contribution in [0.1, 0.15) is 152 Å². The summed E-state index contributed by atoms with van der Waals surface area (Å²) in [5, 5.41) is 9.72. The molecule has 1 saturated carbocycles. The normalized spacial score (nSPS) is 18.8. The number of rotatable bonds is 17. The van der Waals surface area contributed by atoms with Gasteiger partial charge < -0.3 is 52.5 Å². The van der Waals surface area contributed by atoms with E-state index in [9.17, 15) is 50.3 Å². The summed E-state index contributed by atoms with van der Waals surface area (Å²) < 4.78 is 106. The van der Waals surface area contributed by atoms with E-state index in [0.29, 0.717) is 137 Å². The van der Waals surface area contributed by atoms with Gasteiger partial charge in [-0.2, -0.15) is 26.3 Å². The Labute approximate surface area is 584 Å². The van der Waals surface area contributed by atoms with Crippen molar-refractivity contribution in [1.29, 1.82) is 0 Å². The first-order chi connectivity index (χ1) is 47.8. The summed E-state index contributed by atoms with van der Waals surface area (Å²) in [6, 6.07) is 28.0. The van der Waals surface area contributed by atoms with Crippen LogP contribution in [-0.4, -0.2) is 203 Å². The first-order valence-electron chi connectivity index (χ1n) is 34.7. The number of amides is 3. The summed E-state index contributed by atoms with van der Waals surface area (Å²) in [5.41, 5.74) is 3.56. The topological polar surface area (TPSA) is 177 Å². The molecule has 540 valence electrons. The molecule has 7 aliphatic rings. The first kappa shape index (κ1) is 73.4. The predicted octanol–water partition coefficient (Wildman–Crippen LogP) is 11.9. The average molecular weight is 1420 g/mol. The smallest absolute Gasteiger partial charge is 0.456 e. The fraction of sp³-hybridized carbons (Fsp3) is 0.527. The van der Waals surface area contributed by atoms with Crippen LogP contribution in [0.3, 0.4) is 0 Å². The number of aliphatic hydroxyl groups excluding tert-OH is 1. The standard InChI is InChI=1S/C26H32F3N3O4.C25H30F3N3O4.C23H28ClN3O2/c1-4-5-16-36-20-8-6-18(17-21(20)35-3)24(34)31-12-10-25(11-13-31)22-9-7-19(23(33)26(27,28)29)32(22)15-14-30(25)2;1-17-16-18(4-6-20(17)35-15-3-14-32)23(34)30-10-8-24(9-11-30)21-7-5-19(22(33)25(26,27)28)31(21)13-12-29(24)2;1-25-14-15-27-20(8-9-21(27)24)23(25)10-12-26(13-11-23)22(28)18-4-6-19(7-5-18)29-16-17-2-3-17/h6-9,17H,4-5,10-16H2,1-3H3;4-7,16,32H,3,8-15H2,1-2H3;4-9,17H,2-3,10-16H2,1H3. The monoisotopic (exact) mass is 1410 g/mol. The van der Waals surface area contributed by atoms with Crippen LogP contribution in [0.4, 0.5) is 26.3 Å². The Hall–Kier alpha value is -7.84. The van der Waals surface area contributed by atoms with Gasteiger partial charge in [-0.1, -0.05) is 24.9 Å². The van der Waals surface area contributed by atoms with Crippen LogP contribution in [-0.2, 0) is 36.3 Å². The number of carbonyl (C=O) groups is 5. The van der Waals surface area contributed by atoms with Crippen LogP contribution >= 0.6 is 11.6 Å². The number of benzene rings is 3. The van der Waals surface area contributed by atoms with E-state index in [4.69, 9.17) is 35.7 Å². The zero-order chi connectivity index (χ0) is 71.5. The number of alkyl halides is 6. The van der Waals surface area contributed by atoms with Gasteiger partial charge in [-0.15, -0.1) is 0 Å². The van der Waals surface area contributed by atoms with Crippen molar-refractivity contribution >= 4 is 40.9 Å². The highest BCUT2D eigenvalue weighted by Gasteiger charge is 2.51. The third-order valence-electron chi connectivity index (χ3n) is 21.5. The molecule has 3 aromatic carbocycles. The lowest BCUT2D eigenvalue weighted by Gasteiger charge is -2.50. The number of piperidine rings is 3. The molecule has 0 atom stereocenters. The van der Waals surface area contributed by atoms with Crippen LogP contribution in [0, 0.1) is 12.8 Å². The minimum Gasteiger partial charge on any atom is -0.493 e. The van der Waals surface area contributed by atoms with Gasteiger partial charge in [0.1, 0.15) is 16.7 Å². The quantitative estimate of drug-likeness (QED) is 0.0519. The number of methoxy groups -OCH3 is 1. The zero-order valence-electron chi connectivity index (χ0n) is 57.7. The maximum atomic E-state index is 13.3. The molecule has 6 aromatic rings. The highest BCUT2D eigenvalue weighted by molar-refractivity contribution is 6.29. The largest absolute Gasteiger partial charge is 0.493 e. The molecule has 26 heteroatoms.